The van der Waals surface area contributed by atoms with E-state index in [1.54, 1.807) is 11.0 Å². The topological polar surface area (TPSA) is 90.5 Å². The molecular formula is C18H23ClN4O3. The zero-order valence-electron chi connectivity index (χ0n) is 14.5. The molecule has 0 bridgehead atoms. The molecular weight excluding hydrogens is 356 g/mol. The number of hydrogen-bond acceptors (Lipinski definition) is 3. The van der Waals surface area contributed by atoms with Gasteiger partial charge in [-0.15, -0.1) is 0 Å². The van der Waals surface area contributed by atoms with Crippen LogP contribution in [0.3, 0.4) is 0 Å². The maximum Gasteiger partial charge on any atom is 0.318 e. The minimum atomic E-state index is -0.445. The van der Waals surface area contributed by atoms with Crippen molar-refractivity contribution in [2.24, 2.45) is 5.92 Å². The van der Waals surface area contributed by atoms with E-state index in [9.17, 15) is 14.4 Å². The van der Waals surface area contributed by atoms with Gasteiger partial charge in [-0.25, -0.2) is 4.79 Å². The summed E-state index contributed by atoms with van der Waals surface area (Å²) in [6.07, 6.45) is 1.84. The Kier molecular flexibility index (Phi) is 5.98. The van der Waals surface area contributed by atoms with E-state index < -0.39 is 6.04 Å². The molecule has 2 aliphatic heterocycles. The van der Waals surface area contributed by atoms with Crippen molar-refractivity contribution in [1.29, 1.82) is 0 Å². The van der Waals surface area contributed by atoms with Crippen LogP contribution >= 0.6 is 11.6 Å². The van der Waals surface area contributed by atoms with Crippen LogP contribution in [-0.4, -0.2) is 48.4 Å². The minimum Gasteiger partial charge on any atom is -0.354 e. The molecule has 140 valence electrons. The second-order valence-corrected chi connectivity index (χ2v) is 7.06. The lowest BCUT2D eigenvalue weighted by Crippen LogP contribution is -2.50. The molecule has 2 aliphatic rings. The third-order valence-corrected chi connectivity index (χ3v) is 5.28. The highest BCUT2D eigenvalue weighted by atomic mass is 35.5. The van der Waals surface area contributed by atoms with Gasteiger partial charge in [-0.2, -0.15) is 0 Å². The van der Waals surface area contributed by atoms with Gasteiger partial charge in [0.15, 0.2) is 0 Å². The van der Waals surface area contributed by atoms with Gasteiger partial charge < -0.3 is 20.9 Å². The molecule has 4 amide bonds. The summed E-state index contributed by atoms with van der Waals surface area (Å²) in [4.78, 5) is 37.8. The quantitative estimate of drug-likeness (QED) is 0.736. The Morgan fingerprint density at radius 3 is 2.58 bits per heavy atom. The second kappa shape index (κ2) is 8.40. The van der Waals surface area contributed by atoms with Crippen molar-refractivity contribution in [3.63, 3.8) is 0 Å². The number of carbonyl (C=O) groups is 3. The lowest BCUT2D eigenvalue weighted by atomic mass is 9.96. The van der Waals surface area contributed by atoms with E-state index in [0.717, 1.165) is 5.56 Å². The fourth-order valence-corrected chi connectivity index (χ4v) is 3.49. The lowest BCUT2D eigenvalue weighted by molar-refractivity contribution is -0.126. The number of nitrogens with zero attached hydrogens (tertiary/aromatic N) is 1. The molecule has 0 spiro atoms. The van der Waals surface area contributed by atoms with Crippen LogP contribution in [0.1, 0.15) is 24.8 Å². The summed E-state index contributed by atoms with van der Waals surface area (Å²) in [7, 11) is 0. The second-order valence-electron chi connectivity index (χ2n) is 6.65. The minimum absolute atomic E-state index is 0.0138. The van der Waals surface area contributed by atoms with Gasteiger partial charge in [-0.3, -0.25) is 9.59 Å². The SMILES string of the molecule is O=C(NCc1ccccc1Cl)C1CCN(C(=O)N[C@@H]2CCNC2=O)CC1. The standard InChI is InChI=1S/C18H23ClN4O3/c19-14-4-2-1-3-13(14)11-21-16(24)12-6-9-23(10-7-12)18(26)22-15-5-8-20-17(15)25/h1-4,12,15H,5-11H2,(H,20,25)(H,21,24)(H,22,26)/t15-/m1/s1. The molecule has 2 fully saturated rings. The maximum absolute atomic E-state index is 12.4. The highest BCUT2D eigenvalue weighted by Crippen LogP contribution is 2.19. The van der Waals surface area contributed by atoms with Crippen molar-refractivity contribution < 1.29 is 14.4 Å². The third-order valence-electron chi connectivity index (χ3n) is 4.91. The van der Waals surface area contributed by atoms with Gasteiger partial charge in [0.25, 0.3) is 0 Å². The van der Waals surface area contributed by atoms with Crippen LogP contribution in [0.15, 0.2) is 24.3 Å². The van der Waals surface area contributed by atoms with Crippen LogP contribution in [0.2, 0.25) is 5.02 Å². The zero-order valence-corrected chi connectivity index (χ0v) is 15.2. The monoisotopic (exact) mass is 378 g/mol. The highest BCUT2D eigenvalue weighted by Gasteiger charge is 2.31. The number of piperidine rings is 1. The van der Waals surface area contributed by atoms with Crippen molar-refractivity contribution in [3.05, 3.63) is 34.9 Å². The first-order valence-electron chi connectivity index (χ1n) is 8.89. The van der Waals surface area contributed by atoms with Crippen LogP contribution in [0, 0.1) is 5.92 Å². The first-order valence-corrected chi connectivity index (χ1v) is 9.26. The Bertz CT molecular complexity index is 689. The highest BCUT2D eigenvalue weighted by molar-refractivity contribution is 6.31. The van der Waals surface area contributed by atoms with Crippen LogP contribution in [0.5, 0.6) is 0 Å². The molecule has 3 N–H and O–H groups in total. The number of halogens is 1. The van der Waals surface area contributed by atoms with Crippen LogP contribution in [0.25, 0.3) is 0 Å². The van der Waals surface area contributed by atoms with E-state index in [1.807, 2.05) is 18.2 Å². The summed E-state index contributed by atoms with van der Waals surface area (Å²) in [6, 6.07) is 6.74. The van der Waals surface area contributed by atoms with E-state index in [0.29, 0.717) is 50.5 Å². The van der Waals surface area contributed by atoms with Crippen molar-refractivity contribution in [3.8, 4) is 0 Å². The van der Waals surface area contributed by atoms with Crippen molar-refractivity contribution in [2.45, 2.75) is 31.8 Å². The molecule has 1 aromatic rings. The molecule has 1 aromatic carbocycles. The first-order chi connectivity index (χ1) is 12.5. The van der Waals surface area contributed by atoms with Gasteiger partial charge in [0.2, 0.25) is 11.8 Å². The van der Waals surface area contributed by atoms with Gasteiger partial charge in [0, 0.05) is 37.1 Å². The van der Waals surface area contributed by atoms with Gasteiger partial charge in [-0.05, 0) is 30.9 Å². The third kappa shape index (κ3) is 4.46. The number of hydrogen-bond donors (Lipinski definition) is 3. The Labute approximate surface area is 157 Å². The number of rotatable bonds is 4. The van der Waals surface area contributed by atoms with Crippen LogP contribution < -0.4 is 16.0 Å². The first kappa shape index (κ1) is 18.5. The van der Waals surface area contributed by atoms with Gasteiger partial charge in [-0.1, -0.05) is 29.8 Å². The molecule has 2 heterocycles. The zero-order chi connectivity index (χ0) is 18.5. The van der Waals surface area contributed by atoms with E-state index >= 15 is 0 Å². The van der Waals surface area contributed by atoms with E-state index in [2.05, 4.69) is 16.0 Å². The number of benzene rings is 1. The van der Waals surface area contributed by atoms with E-state index in [-0.39, 0.29) is 23.8 Å². The molecule has 2 saturated heterocycles. The predicted octanol–water partition coefficient (Wildman–Crippen LogP) is 1.27. The molecule has 0 aliphatic carbocycles. The lowest BCUT2D eigenvalue weighted by Gasteiger charge is -2.32. The summed E-state index contributed by atoms with van der Waals surface area (Å²) in [5.74, 6) is -0.261. The Hall–Kier alpha value is -2.28. The van der Waals surface area contributed by atoms with Gasteiger partial charge in [0.05, 0.1) is 0 Å². The molecule has 0 unspecified atom stereocenters. The van der Waals surface area contributed by atoms with Crippen molar-refractivity contribution in [2.75, 3.05) is 19.6 Å². The van der Waals surface area contributed by atoms with E-state index in [4.69, 9.17) is 11.6 Å². The Morgan fingerprint density at radius 1 is 1.19 bits per heavy atom. The van der Waals surface area contributed by atoms with E-state index in [1.165, 1.54) is 0 Å². The molecule has 0 radical (unpaired) electrons. The fraction of sp³-hybridized carbons (Fsp3) is 0.500. The van der Waals surface area contributed by atoms with Gasteiger partial charge >= 0.3 is 6.03 Å². The number of amides is 4. The molecule has 0 saturated carbocycles. The fourth-order valence-electron chi connectivity index (χ4n) is 3.29. The normalized spacial score (nSPS) is 20.6. The maximum atomic E-state index is 12.4. The summed E-state index contributed by atoms with van der Waals surface area (Å²) < 4.78 is 0. The van der Waals surface area contributed by atoms with Crippen molar-refractivity contribution in [1.82, 2.24) is 20.9 Å². The largest absolute Gasteiger partial charge is 0.354 e. The summed E-state index contributed by atoms with van der Waals surface area (Å²) >= 11 is 6.10. The number of carbonyl (C=O) groups excluding carboxylic acids is 3. The average molecular weight is 379 g/mol. The predicted molar refractivity (Wildman–Crippen MR) is 97.5 cm³/mol. The molecule has 0 aromatic heterocycles. The average Bonchev–Trinajstić information content (AvgIpc) is 3.05. The Morgan fingerprint density at radius 2 is 1.92 bits per heavy atom. The molecule has 1 atom stereocenters. The van der Waals surface area contributed by atoms with Crippen LogP contribution in [0.4, 0.5) is 4.79 Å². The van der Waals surface area contributed by atoms with Crippen molar-refractivity contribution >= 4 is 29.4 Å². The Balaban J connectivity index is 1.42. The number of nitrogens with one attached hydrogen (secondary N) is 3. The molecule has 7 nitrogen and oxygen atoms in total. The summed E-state index contributed by atoms with van der Waals surface area (Å²) in [6.45, 7) is 2.00. The number of likely N-dealkylation sites (tertiary alicyclic amines) is 1. The molecule has 8 heteroatoms. The number of urea groups is 1. The summed E-state index contributed by atoms with van der Waals surface area (Å²) in [5, 5.41) is 9.01. The smallest absolute Gasteiger partial charge is 0.318 e. The van der Waals surface area contributed by atoms with Crippen LogP contribution in [-0.2, 0) is 16.1 Å². The summed E-state index contributed by atoms with van der Waals surface area (Å²) in [5.41, 5.74) is 0.883. The molecule has 26 heavy (non-hydrogen) atoms. The van der Waals surface area contributed by atoms with Gasteiger partial charge in [0.1, 0.15) is 6.04 Å². The molecule has 3 rings (SSSR count).